The van der Waals surface area contributed by atoms with E-state index in [1.807, 2.05) is 6.92 Å². The summed E-state index contributed by atoms with van der Waals surface area (Å²) in [7, 11) is 0. The fraction of sp³-hybridized carbons (Fsp3) is 0.400. The topological polar surface area (TPSA) is 110 Å². The van der Waals surface area contributed by atoms with Gasteiger partial charge in [0.1, 0.15) is 17.6 Å². The Bertz CT molecular complexity index is 1220. The first-order chi connectivity index (χ1) is 17.5. The number of allylic oxidation sites excluding steroid dienone is 3. The molecule has 198 valence electrons. The highest BCUT2D eigenvalue weighted by Crippen LogP contribution is 2.40. The van der Waals surface area contributed by atoms with Crippen molar-refractivity contribution in [3.05, 3.63) is 58.5 Å². The molecule has 1 aromatic rings. The number of halogens is 3. The molecule has 3 heterocycles. The second-order valence-electron chi connectivity index (χ2n) is 9.05. The smallest absolute Gasteiger partial charge is 0.420 e. The monoisotopic (exact) mass is 520 g/mol. The summed E-state index contributed by atoms with van der Waals surface area (Å²) in [6.45, 7) is 6.42. The Balaban J connectivity index is 1.47. The summed E-state index contributed by atoms with van der Waals surface area (Å²) < 4.78 is 57.1. The van der Waals surface area contributed by atoms with E-state index in [-0.39, 0.29) is 24.7 Å². The third-order valence-corrected chi connectivity index (χ3v) is 5.77. The van der Waals surface area contributed by atoms with Gasteiger partial charge in [0, 0.05) is 23.2 Å². The van der Waals surface area contributed by atoms with E-state index < -0.39 is 35.3 Å². The molecule has 1 saturated heterocycles. The summed E-state index contributed by atoms with van der Waals surface area (Å²) in [5.41, 5.74) is -0.313. The molecule has 3 aliphatic heterocycles. The molecule has 0 radical (unpaired) electrons. The van der Waals surface area contributed by atoms with Crippen molar-refractivity contribution in [2.45, 2.75) is 38.6 Å². The maximum absolute atomic E-state index is 13.7. The lowest BCUT2D eigenvalue weighted by molar-refractivity contribution is -0.160. The number of hydrogen-bond acceptors (Lipinski definition) is 6. The molecule has 1 fully saturated rings. The fourth-order valence-electron chi connectivity index (χ4n) is 3.93. The van der Waals surface area contributed by atoms with Crippen LogP contribution in [0.15, 0.2) is 57.9 Å². The number of ether oxygens (including phenoxy) is 3. The maximum Gasteiger partial charge on any atom is 0.420 e. The van der Waals surface area contributed by atoms with Gasteiger partial charge >= 0.3 is 12.2 Å². The van der Waals surface area contributed by atoms with Gasteiger partial charge in [-0.3, -0.25) is 9.79 Å². The zero-order chi connectivity index (χ0) is 26.8. The Labute approximate surface area is 211 Å². The molecular weight excluding hydrogens is 493 g/mol. The summed E-state index contributed by atoms with van der Waals surface area (Å²) in [6, 6.07) is 1.36. The molecule has 9 nitrogen and oxygen atoms in total. The molecule has 0 aliphatic carbocycles. The SMILES string of the molecule is CCOC1=CC(=C2C=C(C)C(NC(=O)Nc3ccc(OC4(C)COC4)c(C(F)(F)F)c3)C(=O)N2)C=NC1. The first kappa shape index (κ1) is 26.3. The number of dihydropyridines is 1. The Hall–Kier alpha value is -3.80. The molecule has 37 heavy (non-hydrogen) atoms. The molecule has 0 spiro atoms. The number of rotatable bonds is 6. The van der Waals surface area contributed by atoms with Gasteiger partial charge in [0.05, 0.1) is 31.9 Å². The number of nitrogens with zero attached hydrogens (tertiary/aromatic N) is 1. The van der Waals surface area contributed by atoms with E-state index in [0.717, 1.165) is 12.1 Å². The van der Waals surface area contributed by atoms with Crippen LogP contribution in [-0.4, -0.2) is 56.2 Å². The molecule has 0 bridgehead atoms. The summed E-state index contributed by atoms with van der Waals surface area (Å²) in [5, 5.41) is 7.57. The van der Waals surface area contributed by atoms with Gasteiger partial charge in [0.2, 0.25) is 0 Å². The predicted octanol–water partition coefficient (Wildman–Crippen LogP) is 3.70. The van der Waals surface area contributed by atoms with Gasteiger partial charge in [-0.05, 0) is 56.7 Å². The molecule has 4 rings (SSSR count). The number of anilines is 1. The van der Waals surface area contributed by atoms with Crippen LogP contribution in [-0.2, 0) is 20.4 Å². The summed E-state index contributed by atoms with van der Waals surface area (Å²) in [4.78, 5) is 29.6. The molecule has 1 unspecified atom stereocenters. The van der Waals surface area contributed by atoms with Crippen molar-refractivity contribution in [2.75, 3.05) is 31.7 Å². The average molecular weight is 521 g/mol. The Morgan fingerprint density at radius 2 is 2.05 bits per heavy atom. The van der Waals surface area contributed by atoms with Crippen LogP contribution < -0.4 is 20.7 Å². The first-order valence-electron chi connectivity index (χ1n) is 11.6. The number of benzene rings is 1. The third-order valence-electron chi connectivity index (χ3n) is 5.77. The van der Waals surface area contributed by atoms with Crippen molar-refractivity contribution in [1.82, 2.24) is 10.6 Å². The van der Waals surface area contributed by atoms with Crippen molar-refractivity contribution < 1.29 is 37.0 Å². The number of urea groups is 1. The van der Waals surface area contributed by atoms with Crippen molar-refractivity contribution in [1.29, 1.82) is 0 Å². The standard InChI is InChI=1S/C25H27F3N4O5/c1-4-36-17-8-15(10-29-11-17)19-7-14(2)21(22(33)31-19)32-23(34)30-16-5-6-20(18(9-16)25(26,27)28)37-24(3)12-35-13-24/h5-10,21H,4,11-13H2,1-3H3,(H,31,33)(H2,30,32,34). The zero-order valence-corrected chi connectivity index (χ0v) is 20.5. The molecule has 12 heteroatoms. The lowest BCUT2D eigenvalue weighted by atomic mass is 10.00. The van der Waals surface area contributed by atoms with Gasteiger partial charge in [-0.2, -0.15) is 13.2 Å². The zero-order valence-electron chi connectivity index (χ0n) is 20.5. The van der Waals surface area contributed by atoms with Crippen molar-refractivity contribution in [3.8, 4) is 5.75 Å². The molecule has 0 aromatic heterocycles. The third kappa shape index (κ3) is 6.13. The van der Waals surface area contributed by atoms with E-state index in [9.17, 15) is 22.8 Å². The van der Waals surface area contributed by atoms with Crippen LogP contribution in [0.4, 0.5) is 23.7 Å². The number of carbonyl (C=O) groups excluding carboxylic acids is 2. The molecule has 1 atom stereocenters. The summed E-state index contributed by atoms with van der Waals surface area (Å²) in [6.07, 6.45) is 0.375. The second kappa shape index (κ2) is 10.3. The predicted molar refractivity (Wildman–Crippen MR) is 129 cm³/mol. The maximum atomic E-state index is 13.7. The van der Waals surface area contributed by atoms with Crippen LogP contribution in [0, 0.1) is 0 Å². The van der Waals surface area contributed by atoms with Crippen LogP contribution in [0.5, 0.6) is 5.75 Å². The molecular formula is C25H27F3N4O5. The minimum atomic E-state index is -4.71. The van der Waals surface area contributed by atoms with E-state index in [2.05, 4.69) is 20.9 Å². The highest BCUT2D eigenvalue weighted by atomic mass is 19.4. The van der Waals surface area contributed by atoms with Gasteiger partial charge in [-0.15, -0.1) is 0 Å². The Morgan fingerprint density at radius 3 is 2.68 bits per heavy atom. The number of hydrogen-bond donors (Lipinski definition) is 3. The molecule has 3 amide bonds. The minimum absolute atomic E-state index is 0.111. The van der Waals surface area contributed by atoms with E-state index in [0.29, 0.717) is 35.8 Å². The van der Waals surface area contributed by atoms with Gasteiger partial charge in [0.15, 0.2) is 5.60 Å². The highest BCUT2D eigenvalue weighted by molar-refractivity contribution is 5.98. The molecule has 3 aliphatic rings. The van der Waals surface area contributed by atoms with Crippen LogP contribution >= 0.6 is 0 Å². The van der Waals surface area contributed by atoms with Gasteiger partial charge in [-0.1, -0.05) is 0 Å². The number of alkyl halides is 3. The second-order valence-corrected chi connectivity index (χ2v) is 9.05. The van der Waals surface area contributed by atoms with E-state index in [4.69, 9.17) is 14.2 Å². The molecule has 3 N–H and O–H groups in total. The van der Waals surface area contributed by atoms with Crippen molar-refractivity contribution in [2.24, 2.45) is 4.99 Å². The van der Waals surface area contributed by atoms with E-state index in [1.54, 1.807) is 32.2 Å². The summed E-state index contributed by atoms with van der Waals surface area (Å²) >= 11 is 0. The molecule has 1 aromatic carbocycles. The van der Waals surface area contributed by atoms with E-state index in [1.165, 1.54) is 6.07 Å². The van der Waals surface area contributed by atoms with E-state index >= 15 is 0 Å². The molecule has 0 saturated carbocycles. The Kier molecular flexibility index (Phi) is 7.30. The van der Waals surface area contributed by atoms with Crippen LogP contribution in [0.1, 0.15) is 26.3 Å². The van der Waals surface area contributed by atoms with Gasteiger partial charge in [-0.25, -0.2) is 4.79 Å². The normalized spacial score (nSPS) is 22.8. The van der Waals surface area contributed by atoms with Crippen LogP contribution in [0.3, 0.4) is 0 Å². The minimum Gasteiger partial charge on any atom is -0.496 e. The fourth-order valence-corrected chi connectivity index (χ4v) is 3.93. The van der Waals surface area contributed by atoms with Crippen molar-refractivity contribution >= 4 is 23.8 Å². The summed E-state index contributed by atoms with van der Waals surface area (Å²) in [5.74, 6) is -0.195. The first-order valence-corrected chi connectivity index (χ1v) is 11.6. The van der Waals surface area contributed by atoms with Gasteiger partial charge in [0.25, 0.3) is 5.91 Å². The number of carbonyl (C=O) groups is 2. The number of nitrogens with one attached hydrogen (secondary N) is 3. The lowest BCUT2D eigenvalue weighted by Gasteiger charge is -2.38. The average Bonchev–Trinajstić information content (AvgIpc) is 2.81. The van der Waals surface area contributed by atoms with Crippen LogP contribution in [0.25, 0.3) is 0 Å². The number of amides is 3. The van der Waals surface area contributed by atoms with Crippen molar-refractivity contribution in [3.63, 3.8) is 0 Å². The van der Waals surface area contributed by atoms with Gasteiger partial charge < -0.3 is 30.2 Å². The Morgan fingerprint density at radius 1 is 1.30 bits per heavy atom. The lowest BCUT2D eigenvalue weighted by Crippen LogP contribution is -2.52. The van der Waals surface area contributed by atoms with Crippen LogP contribution in [0.2, 0.25) is 0 Å². The quantitative estimate of drug-likeness (QED) is 0.530. The largest absolute Gasteiger partial charge is 0.496 e. The highest BCUT2D eigenvalue weighted by Gasteiger charge is 2.40. The number of aliphatic imine (C=N–C) groups is 1.